The van der Waals surface area contributed by atoms with E-state index < -0.39 is 0 Å². The summed E-state index contributed by atoms with van der Waals surface area (Å²) in [4.78, 5) is 15.7. The van der Waals surface area contributed by atoms with Crippen LogP contribution in [0.3, 0.4) is 0 Å². The lowest BCUT2D eigenvalue weighted by molar-refractivity contribution is 0.0600. The van der Waals surface area contributed by atoms with Crippen molar-refractivity contribution in [3.05, 3.63) is 65.0 Å². The molecule has 0 saturated heterocycles. The molecule has 5 nitrogen and oxygen atoms in total. The van der Waals surface area contributed by atoms with E-state index in [0.29, 0.717) is 17.3 Å². The van der Waals surface area contributed by atoms with Crippen molar-refractivity contribution in [2.45, 2.75) is 6.61 Å². The second-order valence-electron chi connectivity index (χ2n) is 5.04. The first kappa shape index (κ1) is 16.0. The first-order valence-electron chi connectivity index (χ1n) is 7.28. The zero-order valence-electron chi connectivity index (χ0n) is 13.1. The van der Waals surface area contributed by atoms with Gasteiger partial charge in [-0.1, -0.05) is 24.3 Å². The minimum Gasteiger partial charge on any atom is -0.488 e. The summed E-state index contributed by atoms with van der Waals surface area (Å²) in [7, 11) is 1.36. The first-order chi connectivity index (χ1) is 11.7. The lowest BCUT2D eigenvalue weighted by Gasteiger charge is -2.10. The van der Waals surface area contributed by atoms with Gasteiger partial charge >= 0.3 is 5.97 Å². The summed E-state index contributed by atoms with van der Waals surface area (Å²) in [6, 6.07) is 14.8. The fourth-order valence-corrected chi connectivity index (χ4v) is 2.79. The van der Waals surface area contributed by atoms with Crippen LogP contribution in [-0.4, -0.2) is 18.1 Å². The Balaban J connectivity index is 1.74. The molecule has 1 aromatic heterocycles. The second kappa shape index (κ2) is 7.14. The lowest BCUT2D eigenvalue weighted by Crippen LogP contribution is -2.02. The van der Waals surface area contributed by atoms with Crippen molar-refractivity contribution in [1.82, 2.24) is 4.98 Å². The van der Waals surface area contributed by atoms with Crippen LogP contribution >= 0.6 is 11.3 Å². The average molecular weight is 340 g/mol. The molecule has 0 bridgehead atoms. The van der Waals surface area contributed by atoms with Crippen LogP contribution in [0, 0.1) is 0 Å². The molecule has 2 aromatic carbocycles. The van der Waals surface area contributed by atoms with E-state index in [1.54, 1.807) is 12.1 Å². The molecular formula is C18H16N2O3S. The summed E-state index contributed by atoms with van der Waals surface area (Å²) >= 11 is 1.40. The molecular weight excluding hydrogens is 324 g/mol. The number of rotatable bonds is 5. The molecule has 0 aliphatic rings. The molecule has 0 fully saturated rings. The Morgan fingerprint density at radius 1 is 1.17 bits per heavy atom. The van der Waals surface area contributed by atoms with Crippen molar-refractivity contribution in [3.8, 4) is 17.0 Å². The number of anilines is 1. The van der Waals surface area contributed by atoms with Gasteiger partial charge in [0.1, 0.15) is 12.4 Å². The van der Waals surface area contributed by atoms with E-state index in [4.69, 9.17) is 10.5 Å². The summed E-state index contributed by atoms with van der Waals surface area (Å²) in [5.41, 5.74) is 8.88. The molecule has 1 heterocycles. The van der Waals surface area contributed by atoms with Gasteiger partial charge in [0.25, 0.3) is 0 Å². The van der Waals surface area contributed by atoms with Gasteiger partial charge in [0.05, 0.1) is 18.4 Å². The summed E-state index contributed by atoms with van der Waals surface area (Å²) in [5.74, 6) is 0.383. The minimum absolute atomic E-state index is 0.353. The van der Waals surface area contributed by atoms with Crippen LogP contribution in [0.1, 0.15) is 15.9 Å². The van der Waals surface area contributed by atoms with Gasteiger partial charge in [0.2, 0.25) is 0 Å². The molecule has 0 amide bonds. The fourth-order valence-electron chi connectivity index (χ4n) is 2.23. The topological polar surface area (TPSA) is 74.4 Å². The third-order valence-corrected chi connectivity index (χ3v) is 4.13. The number of nitrogen functional groups attached to an aromatic ring is 1. The highest BCUT2D eigenvalue weighted by Crippen LogP contribution is 2.31. The monoisotopic (exact) mass is 340 g/mol. The quantitative estimate of drug-likeness (QED) is 0.716. The van der Waals surface area contributed by atoms with Crippen LogP contribution in [0.4, 0.5) is 5.13 Å². The molecule has 0 spiro atoms. The Bertz CT molecular complexity index is 843. The summed E-state index contributed by atoms with van der Waals surface area (Å²) < 4.78 is 10.6. The largest absolute Gasteiger partial charge is 0.488 e. The number of thiazole rings is 1. The number of nitrogens with zero attached hydrogens (tertiary/aromatic N) is 1. The van der Waals surface area contributed by atoms with E-state index >= 15 is 0 Å². The molecule has 2 N–H and O–H groups in total. The zero-order valence-corrected chi connectivity index (χ0v) is 13.9. The van der Waals surface area contributed by atoms with Gasteiger partial charge in [-0.25, -0.2) is 9.78 Å². The van der Waals surface area contributed by atoms with Crippen LogP contribution in [0.5, 0.6) is 5.75 Å². The SMILES string of the molecule is COC(=O)c1ccc(COc2ccccc2-c2csc(N)n2)cc1. The van der Waals surface area contributed by atoms with Gasteiger partial charge < -0.3 is 15.2 Å². The Labute approximate surface area is 143 Å². The standard InChI is InChI=1S/C18H16N2O3S/c1-22-17(21)13-8-6-12(7-9-13)10-23-16-5-3-2-4-14(16)15-11-24-18(19)20-15/h2-9,11H,10H2,1H3,(H2,19,20). The molecule has 0 aliphatic heterocycles. The molecule has 0 radical (unpaired) electrons. The van der Waals surface area contributed by atoms with Crippen LogP contribution < -0.4 is 10.5 Å². The van der Waals surface area contributed by atoms with Crippen LogP contribution in [-0.2, 0) is 11.3 Å². The number of methoxy groups -OCH3 is 1. The van der Waals surface area contributed by atoms with Gasteiger partial charge in [0.15, 0.2) is 5.13 Å². The first-order valence-corrected chi connectivity index (χ1v) is 8.16. The van der Waals surface area contributed by atoms with Crippen molar-refractivity contribution in [2.24, 2.45) is 0 Å². The normalized spacial score (nSPS) is 10.4. The zero-order chi connectivity index (χ0) is 16.9. The molecule has 122 valence electrons. The molecule has 0 atom stereocenters. The molecule has 6 heteroatoms. The van der Waals surface area contributed by atoms with E-state index in [1.165, 1.54) is 18.4 Å². The predicted octanol–water partition coefficient (Wildman–Crippen LogP) is 3.76. The van der Waals surface area contributed by atoms with E-state index in [-0.39, 0.29) is 5.97 Å². The number of para-hydroxylation sites is 1. The number of hydrogen-bond donors (Lipinski definition) is 1. The van der Waals surface area contributed by atoms with Crippen LogP contribution in [0.25, 0.3) is 11.3 Å². The van der Waals surface area contributed by atoms with E-state index in [9.17, 15) is 4.79 Å². The molecule has 3 rings (SSSR count). The van der Waals surface area contributed by atoms with E-state index in [2.05, 4.69) is 9.72 Å². The maximum Gasteiger partial charge on any atom is 0.337 e. The van der Waals surface area contributed by atoms with Crippen LogP contribution in [0.2, 0.25) is 0 Å². The number of nitrogens with two attached hydrogens (primary N) is 1. The highest BCUT2D eigenvalue weighted by Gasteiger charge is 2.10. The number of benzene rings is 2. The van der Waals surface area contributed by atoms with E-state index in [1.807, 2.05) is 41.8 Å². The Morgan fingerprint density at radius 2 is 1.92 bits per heavy atom. The third kappa shape index (κ3) is 3.55. The summed E-state index contributed by atoms with van der Waals surface area (Å²) in [6.45, 7) is 0.387. The molecule has 0 saturated carbocycles. The number of carbonyl (C=O) groups is 1. The van der Waals surface area contributed by atoms with Gasteiger partial charge in [-0.05, 0) is 29.8 Å². The van der Waals surface area contributed by atoms with E-state index in [0.717, 1.165) is 22.6 Å². The fraction of sp³-hybridized carbons (Fsp3) is 0.111. The molecule has 0 aliphatic carbocycles. The Hall–Kier alpha value is -2.86. The summed E-state index contributed by atoms with van der Waals surface area (Å²) in [5, 5.41) is 2.43. The van der Waals surface area contributed by atoms with Crippen molar-refractivity contribution >= 4 is 22.4 Å². The smallest absolute Gasteiger partial charge is 0.337 e. The van der Waals surface area contributed by atoms with Gasteiger partial charge in [-0.15, -0.1) is 11.3 Å². The van der Waals surface area contributed by atoms with Crippen molar-refractivity contribution in [2.75, 3.05) is 12.8 Å². The van der Waals surface area contributed by atoms with Crippen LogP contribution in [0.15, 0.2) is 53.9 Å². The number of aromatic nitrogens is 1. The number of carbonyl (C=O) groups excluding carboxylic acids is 1. The molecule has 3 aromatic rings. The lowest BCUT2D eigenvalue weighted by atomic mass is 10.1. The highest BCUT2D eigenvalue weighted by molar-refractivity contribution is 7.13. The number of hydrogen-bond acceptors (Lipinski definition) is 6. The van der Waals surface area contributed by atoms with Gasteiger partial charge in [0, 0.05) is 10.9 Å². The number of ether oxygens (including phenoxy) is 2. The van der Waals surface area contributed by atoms with Crippen molar-refractivity contribution < 1.29 is 14.3 Å². The maximum absolute atomic E-state index is 11.4. The third-order valence-electron chi connectivity index (χ3n) is 3.45. The predicted molar refractivity (Wildman–Crippen MR) is 94.1 cm³/mol. The summed E-state index contributed by atoms with van der Waals surface area (Å²) in [6.07, 6.45) is 0. The highest BCUT2D eigenvalue weighted by atomic mass is 32.1. The Morgan fingerprint density at radius 3 is 2.58 bits per heavy atom. The maximum atomic E-state index is 11.4. The van der Waals surface area contributed by atoms with Crippen molar-refractivity contribution in [1.29, 1.82) is 0 Å². The molecule has 0 unspecified atom stereocenters. The minimum atomic E-state index is -0.353. The van der Waals surface area contributed by atoms with Gasteiger partial charge in [-0.2, -0.15) is 0 Å². The average Bonchev–Trinajstić information content (AvgIpc) is 3.06. The number of esters is 1. The molecule has 24 heavy (non-hydrogen) atoms. The second-order valence-corrected chi connectivity index (χ2v) is 5.93. The Kier molecular flexibility index (Phi) is 4.77. The van der Waals surface area contributed by atoms with Crippen molar-refractivity contribution in [3.63, 3.8) is 0 Å². The van der Waals surface area contributed by atoms with Gasteiger partial charge in [-0.3, -0.25) is 0 Å².